The molecular formula is C22H27F2N5O3S. The van der Waals surface area contributed by atoms with Crippen LogP contribution in [0.4, 0.5) is 24.5 Å². The van der Waals surface area contributed by atoms with E-state index >= 15 is 0 Å². The standard InChI is InChI=1S/C20H21F2N5O3S.C2H6/c21-13-1-2-16-17(9-13)31-19(24-16)25-20(30)27-5-3-26(4-6-27)18-15(22)8-12(10-23-18)7-14(29)11-28;1-2/h1-2,8-10,14,28-29H,3-7,11H2,(H,24,25,30);1-2H3/t14-;/m1./s1. The number of hydrogen-bond donors (Lipinski definition) is 3. The number of fused-ring (bicyclic) bond motifs is 1. The van der Waals surface area contributed by atoms with Gasteiger partial charge in [-0.2, -0.15) is 0 Å². The lowest BCUT2D eigenvalue weighted by Crippen LogP contribution is -2.50. The van der Waals surface area contributed by atoms with Crippen molar-refractivity contribution in [2.45, 2.75) is 26.4 Å². The first-order valence-electron chi connectivity index (χ1n) is 10.7. The van der Waals surface area contributed by atoms with Gasteiger partial charge >= 0.3 is 6.03 Å². The van der Waals surface area contributed by atoms with Gasteiger partial charge < -0.3 is 20.0 Å². The van der Waals surface area contributed by atoms with Crippen LogP contribution in [0.2, 0.25) is 0 Å². The number of carbonyl (C=O) groups excluding carboxylic acids is 1. The topological polar surface area (TPSA) is 102 Å². The molecule has 4 rings (SSSR count). The molecule has 1 aromatic carbocycles. The SMILES string of the molecule is CC.O=C(Nc1nc2ccc(F)cc2s1)N1CCN(c2ncc(C[C@@H](O)CO)cc2F)CC1. The fourth-order valence-corrected chi connectivity index (χ4v) is 4.28. The predicted octanol–water partition coefficient (Wildman–Crippen LogP) is 3.25. The van der Waals surface area contributed by atoms with Crippen LogP contribution in [-0.4, -0.2) is 70.0 Å². The molecule has 0 saturated carbocycles. The van der Waals surface area contributed by atoms with Gasteiger partial charge in [-0.15, -0.1) is 0 Å². The second-order valence-corrected chi connectivity index (χ2v) is 8.26. The van der Waals surface area contributed by atoms with E-state index in [1.807, 2.05) is 13.8 Å². The number of urea groups is 1. The van der Waals surface area contributed by atoms with Gasteiger partial charge in [0.25, 0.3) is 0 Å². The summed E-state index contributed by atoms with van der Waals surface area (Å²) in [7, 11) is 0. The van der Waals surface area contributed by atoms with E-state index in [1.165, 1.54) is 35.7 Å². The third-order valence-corrected chi connectivity index (χ3v) is 5.92. The molecule has 2 aromatic heterocycles. The Morgan fingerprint density at radius 3 is 2.61 bits per heavy atom. The van der Waals surface area contributed by atoms with Gasteiger partial charge in [0.1, 0.15) is 5.82 Å². The Kier molecular flexibility index (Phi) is 8.48. The molecule has 0 spiro atoms. The molecule has 3 N–H and O–H groups in total. The zero-order valence-corrected chi connectivity index (χ0v) is 19.3. The number of aliphatic hydroxyl groups is 2. The summed E-state index contributed by atoms with van der Waals surface area (Å²) in [6.45, 7) is 5.15. The molecule has 8 nitrogen and oxygen atoms in total. The lowest BCUT2D eigenvalue weighted by molar-refractivity contribution is 0.0954. The van der Waals surface area contributed by atoms with Crippen LogP contribution in [0.25, 0.3) is 10.2 Å². The van der Waals surface area contributed by atoms with Gasteiger partial charge in [0.05, 0.1) is 22.9 Å². The van der Waals surface area contributed by atoms with Crippen molar-refractivity contribution in [2.24, 2.45) is 0 Å². The molecule has 0 bridgehead atoms. The van der Waals surface area contributed by atoms with Gasteiger partial charge in [-0.1, -0.05) is 25.2 Å². The summed E-state index contributed by atoms with van der Waals surface area (Å²) in [4.78, 5) is 24.4. The summed E-state index contributed by atoms with van der Waals surface area (Å²) in [5.74, 6) is -0.679. The highest BCUT2D eigenvalue weighted by Crippen LogP contribution is 2.27. The maximum Gasteiger partial charge on any atom is 0.323 e. The maximum atomic E-state index is 14.5. The Morgan fingerprint density at radius 2 is 1.94 bits per heavy atom. The number of halogens is 2. The number of aromatic nitrogens is 2. The van der Waals surface area contributed by atoms with Crippen LogP contribution in [0.15, 0.2) is 30.5 Å². The molecule has 178 valence electrons. The van der Waals surface area contributed by atoms with E-state index in [9.17, 15) is 18.7 Å². The monoisotopic (exact) mass is 479 g/mol. The molecule has 1 saturated heterocycles. The molecule has 1 aliphatic rings. The summed E-state index contributed by atoms with van der Waals surface area (Å²) >= 11 is 1.20. The molecule has 1 fully saturated rings. The van der Waals surface area contributed by atoms with E-state index in [-0.39, 0.29) is 24.1 Å². The number of piperazine rings is 1. The number of aliphatic hydroxyl groups excluding tert-OH is 2. The maximum absolute atomic E-state index is 14.5. The lowest BCUT2D eigenvalue weighted by atomic mass is 10.1. The minimum Gasteiger partial charge on any atom is -0.394 e. The molecule has 3 heterocycles. The third-order valence-electron chi connectivity index (χ3n) is 4.99. The number of anilines is 2. The largest absolute Gasteiger partial charge is 0.394 e. The summed E-state index contributed by atoms with van der Waals surface area (Å²) in [6.07, 6.45) is 0.642. The quantitative estimate of drug-likeness (QED) is 0.519. The number of pyridine rings is 1. The highest BCUT2D eigenvalue weighted by Gasteiger charge is 2.24. The normalized spacial score (nSPS) is 14.6. The predicted molar refractivity (Wildman–Crippen MR) is 125 cm³/mol. The fourth-order valence-electron chi connectivity index (χ4n) is 3.40. The van der Waals surface area contributed by atoms with Gasteiger partial charge in [-0.25, -0.2) is 23.5 Å². The average molecular weight is 480 g/mol. The van der Waals surface area contributed by atoms with E-state index in [0.29, 0.717) is 47.1 Å². The molecule has 0 unspecified atom stereocenters. The molecular weight excluding hydrogens is 452 g/mol. The van der Waals surface area contributed by atoms with Crippen LogP contribution in [0.3, 0.4) is 0 Å². The van der Waals surface area contributed by atoms with Crippen molar-refractivity contribution >= 4 is 38.5 Å². The van der Waals surface area contributed by atoms with E-state index in [2.05, 4.69) is 15.3 Å². The van der Waals surface area contributed by atoms with E-state index in [0.717, 1.165) is 0 Å². The molecule has 0 radical (unpaired) electrons. The smallest absolute Gasteiger partial charge is 0.323 e. The number of nitrogens with one attached hydrogen (secondary N) is 1. The Morgan fingerprint density at radius 1 is 1.21 bits per heavy atom. The van der Waals surface area contributed by atoms with Crippen molar-refractivity contribution in [3.8, 4) is 0 Å². The number of thiazole rings is 1. The molecule has 11 heteroatoms. The number of rotatable bonds is 5. The van der Waals surface area contributed by atoms with Crippen LogP contribution in [-0.2, 0) is 6.42 Å². The van der Waals surface area contributed by atoms with E-state index < -0.39 is 18.5 Å². The summed E-state index contributed by atoms with van der Waals surface area (Å²) in [5.41, 5.74) is 1.11. The second-order valence-electron chi connectivity index (χ2n) is 7.22. The number of hydrogen-bond acceptors (Lipinski definition) is 7. The average Bonchev–Trinajstić information content (AvgIpc) is 3.21. The first-order valence-corrected chi connectivity index (χ1v) is 11.5. The zero-order valence-electron chi connectivity index (χ0n) is 18.5. The van der Waals surface area contributed by atoms with Crippen molar-refractivity contribution in [3.05, 3.63) is 47.7 Å². The number of benzene rings is 1. The number of amides is 2. The molecule has 3 aromatic rings. The highest BCUT2D eigenvalue weighted by molar-refractivity contribution is 7.22. The van der Waals surface area contributed by atoms with Crippen LogP contribution < -0.4 is 10.2 Å². The second kappa shape index (κ2) is 11.3. The Bertz CT molecular complexity index is 1090. The van der Waals surface area contributed by atoms with E-state index in [1.54, 1.807) is 15.9 Å². The van der Waals surface area contributed by atoms with Crippen LogP contribution in [0, 0.1) is 11.6 Å². The Labute approximate surface area is 194 Å². The number of nitrogens with zero attached hydrogens (tertiary/aromatic N) is 4. The molecule has 1 atom stereocenters. The van der Waals surface area contributed by atoms with E-state index in [4.69, 9.17) is 5.11 Å². The van der Waals surface area contributed by atoms with Crippen LogP contribution >= 0.6 is 11.3 Å². The van der Waals surface area contributed by atoms with Crippen LogP contribution in [0.5, 0.6) is 0 Å². The van der Waals surface area contributed by atoms with Crippen molar-refractivity contribution < 1.29 is 23.8 Å². The minimum atomic E-state index is -0.955. The van der Waals surface area contributed by atoms with Crippen LogP contribution in [0.1, 0.15) is 19.4 Å². The minimum absolute atomic E-state index is 0.118. The van der Waals surface area contributed by atoms with Gasteiger partial charge in [0, 0.05) is 38.8 Å². The summed E-state index contributed by atoms with van der Waals surface area (Å²) in [5, 5.41) is 21.5. The summed E-state index contributed by atoms with van der Waals surface area (Å²) < 4.78 is 28.5. The first kappa shape index (κ1) is 24.7. The van der Waals surface area contributed by atoms with Gasteiger partial charge in [-0.3, -0.25) is 5.32 Å². The van der Waals surface area contributed by atoms with Gasteiger partial charge in [0.15, 0.2) is 16.8 Å². The van der Waals surface area contributed by atoms with Crippen molar-refractivity contribution in [2.75, 3.05) is 43.0 Å². The Hall–Kier alpha value is -2.89. The van der Waals surface area contributed by atoms with Gasteiger partial charge in [-0.05, 0) is 29.8 Å². The Balaban J connectivity index is 0.00000149. The van der Waals surface area contributed by atoms with Crippen molar-refractivity contribution in [1.29, 1.82) is 0 Å². The highest BCUT2D eigenvalue weighted by atomic mass is 32.1. The van der Waals surface area contributed by atoms with Gasteiger partial charge in [0.2, 0.25) is 0 Å². The third kappa shape index (κ3) is 6.12. The fraction of sp³-hybridized carbons (Fsp3) is 0.409. The lowest BCUT2D eigenvalue weighted by Gasteiger charge is -2.35. The molecule has 2 amide bonds. The molecule has 33 heavy (non-hydrogen) atoms. The first-order chi connectivity index (χ1) is 15.9. The number of carbonyl (C=O) groups is 1. The van der Waals surface area contributed by atoms with Crippen molar-refractivity contribution in [3.63, 3.8) is 0 Å². The summed E-state index contributed by atoms with van der Waals surface area (Å²) in [6, 6.07) is 5.24. The molecule has 1 aliphatic heterocycles. The molecule has 0 aliphatic carbocycles. The van der Waals surface area contributed by atoms with Crippen molar-refractivity contribution in [1.82, 2.24) is 14.9 Å². The zero-order chi connectivity index (χ0) is 24.0.